The fraction of sp³-hybridized carbons (Fsp3) is 0.647. The number of nitrogens with zero attached hydrogens (tertiary/aromatic N) is 4. The van der Waals surface area contributed by atoms with Crippen LogP contribution in [0.1, 0.15) is 19.3 Å². The fourth-order valence-corrected chi connectivity index (χ4v) is 4.36. The molecule has 3 aliphatic rings. The van der Waals surface area contributed by atoms with Gasteiger partial charge in [-0.15, -0.1) is 0 Å². The molecule has 1 amide bonds. The van der Waals surface area contributed by atoms with E-state index in [0.29, 0.717) is 25.9 Å². The van der Waals surface area contributed by atoms with E-state index in [0.717, 1.165) is 25.3 Å². The number of piperazine rings is 1. The number of fused-ring (bicyclic) bond motifs is 1. The number of hydrogen-bond donors (Lipinski definition) is 2. The number of carbonyl (C=O) groups excluding carboxylic acids is 1. The molecule has 4 unspecified atom stereocenters. The lowest BCUT2D eigenvalue weighted by Crippen LogP contribution is -2.55. The zero-order chi connectivity index (χ0) is 18.1. The third kappa shape index (κ3) is 3.24. The lowest BCUT2D eigenvalue weighted by Gasteiger charge is -2.37. The molecule has 1 saturated carbocycles. The van der Waals surface area contributed by atoms with E-state index in [4.69, 9.17) is 0 Å². The molecule has 4 rings (SSSR count). The molecule has 3 heterocycles. The van der Waals surface area contributed by atoms with E-state index < -0.39 is 6.04 Å². The zero-order valence-corrected chi connectivity index (χ0v) is 14.6. The maximum absolute atomic E-state index is 13.0. The summed E-state index contributed by atoms with van der Waals surface area (Å²) in [7, 11) is 0. The Balaban J connectivity index is 1.37. The highest BCUT2D eigenvalue weighted by molar-refractivity contribution is 5.83. The van der Waals surface area contributed by atoms with Crippen molar-refractivity contribution in [2.75, 3.05) is 31.1 Å². The van der Waals surface area contributed by atoms with Crippen molar-refractivity contribution < 1.29 is 9.72 Å². The fourth-order valence-electron chi connectivity index (χ4n) is 4.36. The second-order valence-electron chi connectivity index (χ2n) is 7.29. The number of pyridine rings is 1. The summed E-state index contributed by atoms with van der Waals surface area (Å²) in [5.41, 5.74) is 6.29. The highest BCUT2D eigenvalue weighted by atomic mass is 16.6. The van der Waals surface area contributed by atoms with Crippen LogP contribution in [-0.4, -0.2) is 65.0 Å². The first-order chi connectivity index (χ1) is 12.6. The second-order valence-corrected chi connectivity index (χ2v) is 7.29. The molecule has 2 N–H and O–H groups in total. The molecule has 140 valence electrons. The van der Waals surface area contributed by atoms with Crippen molar-refractivity contribution in [3.63, 3.8) is 0 Å². The van der Waals surface area contributed by atoms with E-state index in [1.165, 1.54) is 0 Å². The van der Waals surface area contributed by atoms with Crippen molar-refractivity contribution in [3.05, 3.63) is 34.5 Å². The van der Waals surface area contributed by atoms with Crippen LogP contribution in [0.5, 0.6) is 0 Å². The second kappa shape index (κ2) is 7.16. The maximum Gasteiger partial charge on any atom is 0.241 e. The van der Waals surface area contributed by atoms with Crippen LogP contribution in [0.25, 0.3) is 0 Å². The monoisotopic (exact) mass is 360 g/mol. The smallest absolute Gasteiger partial charge is 0.241 e. The maximum atomic E-state index is 13.0. The van der Waals surface area contributed by atoms with Crippen molar-refractivity contribution in [2.45, 2.75) is 37.4 Å². The van der Waals surface area contributed by atoms with Gasteiger partial charge in [0.25, 0.3) is 0 Å². The standard InChI is InChI=1S/C17H24N6O3/c24-17(16-13-11-12(23(25)26)4-5-14(13)19-20-16)22-9-7-21(8-10-22)15-3-1-2-6-18-15/h1-3,6,12-14,16,19-20H,4-5,7-11H2. The topological polar surface area (TPSA) is 104 Å². The van der Waals surface area contributed by atoms with E-state index in [-0.39, 0.29) is 28.8 Å². The van der Waals surface area contributed by atoms with Gasteiger partial charge in [0, 0.05) is 62.1 Å². The van der Waals surface area contributed by atoms with Crippen molar-refractivity contribution in [1.29, 1.82) is 0 Å². The SMILES string of the molecule is O=C(C1NNC2CCC([N+](=O)[O-])CC21)N1CCN(c2ccccn2)CC1. The summed E-state index contributed by atoms with van der Waals surface area (Å²) >= 11 is 0. The van der Waals surface area contributed by atoms with Gasteiger partial charge < -0.3 is 9.80 Å². The minimum atomic E-state index is -0.533. The number of aromatic nitrogens is 1. The van der Waals surface area contributed by atoms with Crippen molar-refractivity contribution >= 4 is 11.7 Å². The first-order valence-electron chi connectivity index (χ1n) is 9.23. The first kappa shape index (κ1) is 17.2. The normalized spacial score (nSPS) is 31.5. The summed E-state index contributed by atoms with van der Waals surface area (Å²) < 4.78 is 0. The largest absolute Gasteiger partial charge is 0.353 e. The molecule has 0 bridgehead atoms. The van der Waals surface area contributed by atoms with Crippen LogP contribution in [0.3, 0.4) is 0 Å². The number of amides is 1. The van der Waals surface area contributed by atoms with Gasteiger partial charge in [0.2, 0.25) is 11.9 Å². The van der Waals surface area contributed by atoms with Gasteiger partial charge in [-0.25, -0.2) is 10.4 Å². The first-order valence-corrected chi connectivity index (χ1v) is 9.23. The lowest BCUT2D eigenvalue weighted by molar-refractivity contribution is -0.528. The van der Waals surface area contributed by atoms with Gasteiger partial charge in [-0.05, 0) is 18.6 Å². The van der Waals surface area contributed by atoms with Crippen LogP contribution in [0.2, 0.25) is 0 Å². The molecule has 2 aliphatic heterocycles. The number of carbonyl (C=O) groups is 1. The molecule has 0 radical (unpaired) electrons. The molecule has 1 aliphatic carbocycles. The molecule has 1 aromatic rings. The zero-order valence-electron chi connectivity index (χ0n) is 14.6. The summed E-state index contributed by atoms with van der Waals surface area (Å²) in [5, 5.41) is 11.1. The predicted octanol–water partition coefficient (Wildman–Crippen LogP) is 0.0206. The number of rotatable bonds is 3. The molecule has 9 nitrogen and oxygen atoms in total. The number of anilines is 1. The Hall–Kier alpha value is -2.26. The minimum absolute atomic E-state index is 0.0135. The van der Waals surface area contributed by atoms with Gasteiger partial charge in [-0.2, -0.15) is 0 Å². The summed E-state index contributed by atoms with van der Waals surface area (Å²) in [6.45, 7) is 2.77. The Morgan fingerprint density at radius 2 is 2.00 bits per heavy atom. The number of nitrogens with one attached hydrogen (secondary N) is 2. The Morgan fingerprint density at radius 1 is 1.19 bits per heavy atom. The lowest BCUT2D eigenvalue weighted by atomic mass is 9.79. The summed E-state index contributed by atoms with van der Waals surface area (Å²) in [6, 6.07) is 5.07. The number of nitro groups is 1. The van der Waals surface area contributed by atoms with Crippen LogP contribution in [0.4, 0.5) is 5.82 Å². The van der Waals surface area contributed by atoms with E-state index >= 15 is 0 Å². The van der Waals surface area contributed by atoms with E-state index in [2.05, 4.69) is 20.7 Å². The van der Waals surface area contributed by atoms with Crippen LogP contribution in [-0.2, 0) is 4.79 Å². The molecule has 0 spiro atoms. The molecule has 9 heteroatoms. The van der Waals surface area contributed by atoms with Crippen LogP contribution in [0, 0.1) is 16.0 Å². The quantitative estimate of drug-likeness (QED) is 0.578. The van der Waals surface area contributed by atoms with Gasteiger partial charge in [0.05, 0.1) is 0 Å². The molecule has 26 heavy (non-hydrogen) atoms. The van der Waals surface area contributed by atoms with Crippen LogP contribution < -0.4 is 15.8 Å². The third-order valence-electron chi connectivity index (χ3n) is 5.85. The Labute approximate surface area is 151 Å². The highest BCUT2D eigenvalue weighted by Gasteiger charge is 2.47. The average Bonchev–Trinajstić information content (AvgIpc) is 3.11. The summed E-state index contributed by atoms with van der Waals surface area (Å²) in [6.07, 6.45) is 3.55. The summed E-state index contributed by atoms with van der Waals surface area (Å²) in [4.78, 5) is 32.4. The molecule has 0 aromatic carbocycles. The van der Waals surface area contributed by atoms with Crippen LogP contribution >= 0.6 is 0 Å². The third-order valence-corrected chi connectivity index (χ3v) is 5.85. The van der Waals surface area contributed by atoms with Gasteiger partial charge in [0.15, 0.2) is 0 Å². The molecule has 1 aromatic heterocycles. The van der Waals surface area contributed by atoms with E-state index in [9.17, 15) is 14.9 Å². The number of hydrogen-bond acceptors (Lipinski definition) is 7. The Bertz CT molecular complexity index is 664. The molecule has 2 saturated heterocycles. The molecule has 4 atom stereocenters. The Morgan fingerprint density at radius 3 is 2.69 bits per heavy atom. The van der Waals surface area contributed by atoms with Gasteiger partial charge in [0.1, 0.15) is 11.9 Å². The van der Waals surface area contributed by atoms with Gasteiger partial charge in [-0.3, -0.25) is 20.3 Å². The van der Waals surface area contributed by atoms with Gasteiger partial charge >= 0.3 is 0 Å². The predicted molar refractivity (Wildman–Crippen MR) is 95.0 cm³/mol. The summed E-state index contributed by atoms with van der Waals surface area (Å²) in [5.74, 6) is 0.969. The van der Waals surface area contributed by atoms with Crippen molar-refractivity contribution in [2.24, 2.45) is 5.92 Å². The molecular weight excluding hydrogens is 336 g/mol. The number of hydrazine groups is 1. The molecular formula is C17H24N6O3. The van der Waals surface area contributed by atoms with Crippen molar-refractivity contribution in [3.8, 4) is 0 Å². The average molecular weight is 360 g/mol. The van der Waals surface area contributed by atoms with Crippen molar-refractivity contribution in [1.82, 2.24) is 20.7 Å². The minimum Gasteiger partial charge on any atom is -0.353 e. The van der Waals surface area contributed by atoms with E-state index in [1.54, 1.807) is 6.20 Å². The van der Waals surface area contributed by atoms with Crippen LogP contribution in [0.15, 0.2) is 24.4 Å². The van der Waals surface area contributed by atoms with Gasteiger partial charge in [-0.1, -0.05) is 6.07 Å². The molecule has 3 fully saturated rings. The highest BCUT2D eigenvalue weighted by Crippen LogP contribution is 2.32. The Kier molecular flexibility index (Phi) is 4.73. The van der Waals surface area contributed by atoms with E-state index in [1.807, 2.05) is 23.1 Å².